The summed E-state index contributed by atoms with van der Waals surface area (Å²) in [5.74, 6) is -2.00. The normalized spacial score (nSPS) is 21.4. The van der Waals surface area contributed by atoms with E-state index in [0.717, 1.165) is 5.56 Å². The van der Waals surface area contributed by atoms with Crippen molar-refractivity contribution in [2.24, 2.45) is 5.73 Å². The summed E-state index contributed by atoms with van der Waals surface area (Å²) >= 11 is 0. The number of nitrogens with two attached hydrogens (primary N) is 1. The molecule has 1 aliphatic rings. The second kappa shape index (κ2) is 7.58. The second-order valence-corrected chi connectivity index (χ2v) is 5.71. The van der Waals surface area contributed by atoms with E-state index in [1.807, 2.05) is 30.3 Å². The van der Waals surface area contributed by atoms with E-state index >= 15 is 0 Å². The number of amides is 4. The van der Waals surface area contributed by atoms with E-state index in [0.29, 0.717) is 6.42 Å². The lowest BCUT2D eigenvalue weighted by Crippen LogP contribution is -2.63. The molecule has 3 atom stereocenters. The van der Waals surface area contributed by atoms with Gasteiger partial charge in [0.2, 0.25) is 23.6 Å². The topological polar surface area (TPSA) is 130 Å². The van der Waals surface area contributed by atoms with Crippen LogP contribution in [0.3, 0.4) is 0 Å². The summed E-state index contributed by atoms with van der Waals surface area (Å²) in [6.45, 7) is 1.44. The van der Waals surface area contributed by atoms with Crippen LogP contribution in [0.25, 0.3) is 0 Å². The molecule has 0 radical (unpaired) electrons. The molecule has 24 heavy (non-hydrogen) atoms. The van der Waals surface area contributed by atoms with Crippen molar-refractivity contribution >= 4 is 23.6 Å². The van der Waals surface area contributed by atoms with Crippen molar-refractivity contribution in [3.05, 3.63) is 35.9 Å². The summed E-state index contributed by atoms with van der Waals surface area (Å²) in [5.41, 5.74) is 5.98. The predicted molar refractivity (Wildman–Crippen MR) is 85.4 cm³/mol. The Morgan fingerprint density at radius 1 is 1.12 bits per heavy atom. The Kier molecular flexibility index (Phi) is 5.51. The lowest BCUT2D eigenvalue weighted by atomic mass is 10.0. The van der Waals surface area contributed by atoms with E-state index in [-0.39, 0.29) is 12.3 Å². The molecule has 1 fully saturated rings. The third-order valence-corrected chi connectivity index (χ3v) is 3.74. The van der Waals surface area contributed by atoms with E-state index in [1.165, 1.54) is 6.92 Å². The number of primary amides is 1. The molecule has 128 valence electrons. The minimum atomic E-state index is -0.968. The Bertz CT molecular complexity index is 647. The molecule has 0 bridgehead atoms. The van der Waals surface area contributed by atoms with E-state index < -0.39 is 35.8 Å². The number of hydrogen-bond donors (Lipinski definition) is 4. The van der Waals surface area contributed by atoms with Crippen LogP contribution < -0.4 is 21.7 Å². The zero-order chi connectivity index (χ0) is 17.7. The summed E-state index contributed by atoms with van der Waals surface area (Å²) in [4.78, 5) is 47.0. The first-order chi connectivity index (χ1) is 11.4. The summed E-state index contributed by atoms with van der Waals surface area (Å²) in [5, 5.41) is 7.53. The average Bonchev–Trinajstić information content (AvgIpc) is 2.53. The fraction of sp³-hybridized carbons (Fsp3) is 0.375. The van der Waals surface area contributed by atoms with E-state index in [9.17, 15) is 19.2 Å². The number of piperazine rings is 1. The number of carbonyl (C=O) groups is 4. The van der Waals surface area contributed by atoms with Crippen LogP contribution in [0.2, 0.25) is 0 Å². The molecule has 8 heteroatoms. The first-order valence-corrected chi connectivity index (χ1v) is 7.60. The van der Waals surface area contributed by atoms with Gasteiger partial charge in [-0.3, -0.25) is 19.2 Å². The van der Waals surface area contributed by atoms with Gasteiger partial charge in [0.05, 0.1) is 6.42 Å². The highest BCUT2D eigenvalue weighted by Crippen LogP contribution is 2.08. The van der Waals surface area contributed by atoms with Crippen LogP contribution >= 0.6 is 0 Å². The SMILES string of the molecule is C[C@H](NC(=O)C[C@@H]1NC(=O)[C@H](Cc2ccccc2)NC1=O)C(N)=O. The third-order valence-electron chi connectivity index (χ3n) is 3.74. The number of rotatable bonds is 6. The standard InChI is InChI=1S/C16H20N4O4/c1-9(14(17)22)18-13(21)8-12-16(24)19-11(15(23)20-12)7-10-5-3-2-4-6-10/h2-6,9,11-12H,7-8H2,1H3,(H2,17,22)(H,18,21)(H,19,24)(H,20,23)/t9-,11-,12-/m0/s1. The fourth-order valence-corrected chi connectivity index (χ4v) is 2.37. The summed E-state index contributed by atoms with van der Waals surface area (Å²) in [6, 6.07) is 6.81. The summed E-state index contributed by atoms with van der Waals surface area (Å²) in [7, 11) is 0. The molecule has 1 aromatic rings. The van der Waals surface area contributed by atoms with Gasteiger partial charge < -0.3 is 21.7 Å². The van der Waals surface area contributed by atoms with Gasteiger partial charge in [-0.25, -0.2) is 0 Å². The van der Waals surface area contributed by atoms with E-state index in [4.69, 9.17) is 5.73 Å². The summed E-state index contributed by atoms with van der Waals surface area (Å²) in [6.07, 6.45) is 0.114. The minimum Gasteiger partial charge on any atom is -0.368 e. The molecule has 0 unspecified atom stereocenters. The van der Waals surface area contributed by atoms with Crippen LogP contribution in [0.15, 0.2) is 30.3 Å². The molecule has 2 rings (SSSR count). The van der Waals surface area contributed by atoms with Crippen molar-refractivity contribution < 1.29 is 19.2 Å². The fourth-order valence-electron chi connectivity index (χ4n) is 2.37. The first-order valence-electron chi connectivity index (χ1n) is 7.60. The zero-order valence-electron chi connectivity index (χ0n) is 13.2. The molecule has 5 N–H and O–H groups in total. The predicted octanol–water partition coefficient (Wildman–Crippen LogP) is -1.41. The Morgan fingerprint density at radius 3 is 2.33 bits per heavy atom. The maximum atomic E-state index is 12.1. The third kappa shape index (κ3) is 4.55. The van der Waals surface area contributed by atoms with Crippen LogP contribution in [-0.4, -0.2) is 41.8 Å². The maximum absolute atomic E-state index is 12.1. The quantitative estimate of drug-likeness (QED) is 0.510. The molecule has 1 aromatic carbocycles. The Balaban J connectivity index is 1.91. The molecule has 1 heterocycles. The number of nitrogens with one attached hydrogen (secondary N) is 3. The highest BCUT2D eigenvalue weighted by Gasteiger charge is 2.35. The molecule has 1 saturated heterocycles. The second-order valence-electron chi connectivity index (χ2n) is 5.71. The van der Waals surface area contributed by atoms with Gasteiger partial charge in [0.1, 0.15) is 18.1 Å². The van der Waals surface area contributed by atoms with Crippen molar-refractivity contribution in [2.45, 2.75) is 37.9 Å². The zero-order valence-corrected chi connectivity index (χ0v) is 13.2. The van der Waals surface area contributed by atoms with Gasteiger partial charge in [-0.15, -0.1) is 0 Å². The molecule has 4 amide bonds. The van der Waals surface area contributed by atoms with Crippen molar-refractivity contribution in [2.75, 3.05) is 0 Å². The van der Waals surface area contributed by atoms with Crippen LogP contribution in [0.4, 0.5) is 0 Å². The van der Waals surface area contributed by atoms with E-state index in [1.54, 1.807) is 0 Å². The lowest BCUT2D eigenvalue weighted by Gasteiger charge is -2.29. The molecule has 0 saturated carbocycles. The number of benzene rings is 1. The minimum absolute atomic E-state index is 0.257. The van der Waals surface area contributed by atoms with Crippen molar-refractivity contribution in [1.29, 1.82) is 0 Å². The molecule has 0 aromatic heterocycles. The first kappa shape index (κ1) is 17.5. The van der Waals surface area contributed by atoms with Gasteiger partial charge in [0.25, 0.3) is 0 Å². The molecular weight excluding hydrogens is 312 g/mol. The van der Waals surface area contributed by atoms with Crippen LogP contribution in [0.5, 0.6) is 0 Å². The Hall–Kier alpha value is -2.90. The number of hydrogen-bond acceptors (Lipinski definition) is 4. The highest BCUT2D eigenvalue weighted by molar-refractivity contribution is 5.99. The smallest absolute Gasteiger partial charge is 0.243 e. The van der Waals surface area contributed by atoms with Crippen molar-refractivity contribution in [3.63, 3.8) is 0 Å². The molecule has 0 aliphatic carbocycles. The van der Waals surface area contributed by atoms with Crippen LogP contribution in [0.1, 0.15) is 18.9 Å². The number of carbonyl (C=O) groups excluding carboxylic acids is 4. The van der Waals surface area contributed by atoms with Crippen LogP contribution in [-0.2, 0) is 25.6 Å². The maximum Gasteiger partial charge on any atom is 0.243 e. The Morgan fingerprint density at radius 2 is 1.71 bits per heavy atom. The molecular formula is C16H20N4O4. The van der Waals surface area contributed by atoms with Gasteiger partial charge >= 0.3 is 0 Å². The monoisotopic (exact) mass is 332 g/mol. The summed E-state index contributed by atoms with van der Waals surface area (Å²) < 4.78 is 0. The average molecular weight is 332 g/mol. The Labute approximate surface area is 139 Å². The van der Waals surface area contributed by atoms with Crippen molar-refractivity contribution in [3.8, 4) is 0 Å². The highest BCUT2D eigenvalue weighted by atomic mass is 16.2. The molecule has 1 aliphatic heterocycles. The van der Waals surface area contributed by atoms with Gasteiger partial charge in [-0.1, -0.05) is 30.3 Å². The van der Waals surface area contributed by atoms with Gasteiger partial charge in [-0.2, -0.15) is 0 Å². The van der Waals surface area contributed by atoms with Crippen molar-refractivity contribution in [1.82, 2.24) is 16.0 Å². The largest absolute Gasteiger partial charge is 0.368 e. The molecule has 8 nitrogen and oxygen atoms in total. The van der Waals surface area contributed by atoms with Gasteiger partial charge in [-0.05, 0) is 12.5 Å². The molecule has 0 spiro atoms. The lowest BCUT2D eigenvalue weighted by molar-refractivity contribution is -0.138. The van der Waals surface area contributed by atoms with E-state index in [2.05, 4.69) is 16.0 Å². The van der Waals surface area contributed by atoms with Crippen LogP contribution in [0, 0.1) is 0 Å². The van der Waals surface area contributed by atoms with Gasteiger partial charge in [0, 0.05) is 6.42 Å². The van der Waals surface area contributed by atoms with Gasteiger partial charge in [0.15, 0.2) is 0 Å².